The van der Waals surface area contributed by atoms with Gasteiger partial charge in [-0.3, -0.25) is 4.79 Å². The van der Waals surface area contributed by atoms with Crippen molar-refractivity contribution < 1.29 is 19.8 Å². The summed E-state index contributed by atoms with van der Waals surface area (Å²) < 4.78 is 0. The fourth-order valence-electron chi connectivity index (χ4n) is 2.91. The molecule has 0 saturated carbocycles. The lowest BCUT2D eigenvalue weighted by atomic mass is 9.93. The van der Waals surface area contributed by atoms with Crippen molar-refractivity contribution in [2.24, 2.45) is 0 Å². The molecule has 2 aromatic carbocycles. The SMILES string of the molecule is Cc1ccc(-c2ccc(-c3c(C(=O)O)c(N)[nH]c(=O)c3C(=O)O)cc2)cc1. The normalized spacial score (nSPS) is 10.6. The van der Waals surface area contributed by atoms with E-state index in [0.29, 0.717) is 0 Å². The van der Waals surface area contributed by atoms with Crippen molar-refractivity contribution in [1.82, 2.24) is 4.98 Å². The molecule has 0 atom stereocenters. The van der Waals surface area contributed by atoms with Gasteiger partial charge >= 0.3 is 11.9 Å². The van der Waals surface area contributed by atoms with Gasteiger partial charge in [0.2, 0.25) is 0 Å². The summed E-state index contributed by atoms with van der Waals surface area (Å²) in [6.45, 7) is 1.98. The molecule has 0 spiro atoms. The number of benzene rings is 2. The Balaban J connectivity index is 2.21. The second-order valence-electron chi connectivity index (χ2n) is 6.05. The molecule has 0 amide bonds. The number of anilines is 1. The van der Waals surface area contributed by atoms with Crippen LogP contribution in [-0.4, -0.2) is 27.1 Å². The Morgan fingerprint density at radius 2 is 1.26 bits per heavy atom. The van der Waals surface area contributed by atoms with Crippen LogP contribution >= 0.6 is 0 Å². The molecule has 1 aromatic heterocycles. The molecule has 7 nitrogen and oxygen atoms in total. The smallest absolute Gasteiger partial charge is 0.342 e. The lowest BCUT2D eigenvalue weighted by molar-refractivity contribution is 0.0695. The Morgan fingerprint density at radius 1 is 0.815 bits per heavy atom. The number of aromatic amines is 1. The Hall–Kier alpha value is -3.87. The second-order valence-corrected chi connectivity index (χ2v) is 6.05. The summed E-state index contributed by atoms with van der Waals surface area (Å²) in [5, 5.41) is 18.9. The van der Waals surface area contributed by atoms with Gasteiger partial charge in [0, 0.05) is 5.56 Å². The van der Waals surface area contributed by atoms with Crippen LogP contribution in [0.5, 0.6) is 0 Å². The highest BCUT2D eigenvalue weighted by Gasteiger charge is 2.26. The summed E-state index contributed by atoms with van der Waals surface area (Å²) in [5.41, 5.74) is 6.56. The van der Waals surface area contributed by atoms with Gasteiger partial charge in [0.25, 0.3) is 5.56 Å². The zero-order chi connectivity index (χ0) is 19.7. The molecule has 0 bridgehead atoms. The van der Waals surface area contributed by atoms with E-state index in [1.54, 1.807) is 24.3 Å². The number of aromatic carboxylic acids is 2. The van der Waals surface area contributed by atoms with Gasteiger partial charge in [0.15, 0.2) is 0 Å². The summed E-state index contributed by atoms with van der Waals surface area (Å²) in [6, 6.07) is 14.4. The number of carboxylic acids is 2. The standard InChI is InChI=1S/C20H16N2O5/c1-10-2-4-11(5-3-10)12-6-8-13(9-7-12)14-15(19(24)25)17(21)22-18(23)16(14)20(26)27/h2-9H,1H3,(H,24,25)(H,26,27)(H3,21,22,23). The Kier molecular flexibility index (Phi) is 4.51. The van der Waals surface area contributed by atoms with E-state index in [0.717, 1.165) is 16.7 Å². The third-order valence-corrected chi connectivity index (χ3v) is 4.23. The van der Waals surface area contributed by atoms with Crippen molar-refractivity contribution in [3.05, 3.63) is 75.6 Å². The van der Waals surface area contributed by atoms with Crippen LogP contribution in [0, 0.1) is 6.92 Å². The molecular weight excluding hydrogens is 348 g/mol. The second kappa shape index (κ2) is 6.80. The zero-order valence-electron chi connectivity index (χ0n) is 14.3. The largest absolute Gasteiger partial charge is 0.478 e. The number of carbonyl (C=O) groups is 2. The lowest BCUT2D eigenvalue weighted by Crippen LogP contribution is -2.24. The summed E-state index contributed by atoms with van der Waals surface area (Å²) in [4.78, 5) is 37.3. The number of nitrogens with one attached hydrogen (secondary N) is 1. The first-order valence-corrected chi connectivity index (χ1v) is 7.99. The number of nitrogen functional groups attached to an aromatic ring is 1. The third-order valence-electron chi connectivity index (χ3n) is 4.23. The summed E-state index contributed by atoms with van der Waals surface area (Å²) in [7, 11) is 0. The number of H-pyrrole nitrogens is 1. The minimum atomic E-state index is -1.53. The first-order chi connectivity index (χ1) is 12.8. The first-order valence-electron chi connectivity index (χ1n) is 7.99. The van der Waals surface area contributed by atoms with E-state index in [-0.39, 0.29) is 11.1 Å². The van der Waals surface area contributed by atoms with Crippen LogP contribution in [0.4, 0.5) is 5.82 Å². The highest BCUT2D eigenvalue weighted by molar-refractivity contribution is 6.07. The topological polar surface area (TPSA) is 133 Å². The van der Waals surface area contributed by atoms with E-state index in [9.17, 15) is 24.6 Å². The monoisotopic (exact) mass is 364 g/mol. The van der Waals surface area contributed by atoms with Crippen molar-refractivity contribution in [1.29, 1.82) is 0 Å². The van der Waals surface area contributed by atoms with Gasteiger partial charge in [0.1, 0.15) is 16.9 Å². The van der Waals surface area contributed by atoms with E-state index >= 15 is 0 Å². The molecule has 3 aromatic rings. The molecule has 27 heavy (non-hydrogen) atoms. The molecule has 7 heteroatoms. The molecule has 0 saturated heterocycles. The van der Waals surface area contributed by atoms with Crippen molar-refractivity contribution in [2.45, 2.75) is 6.92 Å². The van der Waals surface area contributed by atoms with Crippen molar-refractivity contribution in [3.63, 3.8) is 0 Å². The van der Waals surface area contributed by atoms with E-state index in [2.05, 4.69) is 4.98 Å². The number of aryl methyl sites for hydroxylation is 1. The van der Waals surface area contributed by atoms with Crippen LogP contribution in [-0.2, 0) is 0 Å². The molecule has 136 valence electrons. The van der Waals surface area contributed by atoms with Gasteiger partial charge in [-0.05, 0) is 23.6 Å². The molecule has 0 aliphatic rings. The van der Waals surface area contributed by atoms with Gasteiger partial charge < -0.3 is 20.9 Å². The Labute approximate surface area is 153 Å². The fraction of sp³-hybridized carbons (Fsp3) is 0.0500. The van der Waals surface area contributed by atoms with Gasteiger partial charge in [-0.15, -0.1) is 0 Å². The van der Waals surface area contributed by atoms with Gasteiger partial charge in [-0.1, -0.05) is 54.1 Å². The highest BCUT2D eigenvalue weighted by Crippen LogP contribution is 2.31. The lowest BCUT2D eigenvalue weighted by Gasteiger charge is -2.12. The maximum atomic E-state index is 12.1. The van der Waals surface area contributed by atoms with Crippen LogP contribution in [0.1, 0.15) is 26.3 Å². The van der Waals surface area contributed by atoms with E-state index < -0.39 is 34.4 Å². The summed E-state index contributed by atoms with van der Waals surface area (Å²) >= 11 is 0. The van der Waals surface area contributed by atoms with E-state index in [1.807, 2.05) is 31.2 Å². The van der Waals surface area contributed by atoms with Crippen molar-refractivity contribution in [2.75, 3.05) is 5.73 Å². The maximum absolute atomic E-state index is 12.1. The zero-order valence-corrected chi connectivity index (χ0v) is 14.3. The Bertz CT molecular complexity index is 1100. The van der Waals surface area contributed by atoms with Crippen LogP contribution in [0.3, 0.4) is 0 Å². The number of nitrogens with two attached hydrogens (primary N) is 1. The van der Waals surface area contributed by atoms with Crippen LogP contribution in [0.25, 0.3) is 22.3 Å². The van der Waals surface area contributed by atoms with Crippen LogP contribution < -0.4 is 11.3 Å². The van der Waals surface area contributed by atoms with Crippen molar-refractivity contribution >= 4 is 17.8 Å². The number of aromatic nitrogens is 1. The average Bonchev–Trinajstić information content (AvgIpc) is 2.61. The maximum Gasteiger partial charge on any atom is 0.342 e. The van der Waals surface area contributed by atoms with Crippen LogP contribution in [0.2, 0.25) is 0 Å². The number of hydrogen-bond donors (Lipinski definition) is 4. The first kappa shape index (κ1) is 17.9. The molecule has 0 aliphatic carbocycles. The predicted octanol–water partition coefficient (Wildman–Crippen LogP) is 3.00. The summed E-state index contributed by atoms with van der Waals surface area (Å²) in [5.74, 6) is -3.35. The average molecular weight is 364 g/mol. The molecule has 0 fully saturated rings. The summed E-state index contributed by atoms with van der Waals surface area (Å²) in [6.07, 6.45) is 0. The number of pyridine rings is 1. The van der Waals surface area contributed by atoms with Gasteiger partial charge in [-0.25, -0.2) is 9.59 Å². The highest BCUT2D eigenvalue weighted by atomic mass is 16.4. The molecule has 0 radical (unpaired) electrons. The van der Waals surface area contributed by atoms with Gasteiger partial charge in [-0.2, -0.15) is 0 Å². The van der Waals surface area contributed by atoms with E-state index in [4.69, 9.17) is 5.73 Å². The predicted molar refractivity (Wildman–Crippen MR) is 101 cm³/mol. The minimum absolute atomic E-state index is 0.216. The quantitative estimate of drug-likeness (QED) is 0.562. The Morgan fingerprint density at radius 3 is 1.74 bits per heavy atom. The molecule has 5 N–H and O–H groups in total. The van der Waals surface area contributed by atoms with Crippen LogP contribution in [0.15, 0.2) is 53.3 Å². The molecule has 3 rings (SSSR count). The number of rotatable bonds is 4. The molecule has 0 aliphatic heterocycles. The van der Waals surface area contributed by atoms with Gasteiger partial charge in [0.05, 0.1) is 0 Å². The number of carboxylic acid groups (broad SMARTS) is 2. The molecular formula is C20H16N2O5. The van der Waals surface area contributed by atoms with Crippen molar-refractivity contribution in [3.8, 4) is 22.3 Å². The number of hydrogen-bond acceptors (Lipinski definition) is 4. The molecule has 1 heterocycles. The third kappa shape index (κ3) is 3.30. The molecule has 0 unspecified atom stereocenters. The van der Waals surface area contributed by atoms with E-state index in [1.165, 1.54) is 0 Å². The fourth-order valence-corrected chi connectivity index (χ4v) is 2.91. The minimum Gasteiger partial charge on any atom is -0.478 e.